The minimum atomic E-state index is -0.448. The minimum Gasteiger partial charge on any atom is -0.462 e. The van der Waals surface area contributed by atoms with Gasteiger partial charge in [0, 0.05) is 15.5 Å². The zero-order valence-electron chi connectivity index (χ0n) is 12.4. The van der Waals surface area contributed by atoms with Crippen LogP contribution in [0.15, 0.2) is 42.6 Å². The monoisotopic (exact) mass is 412 g/mol. The van der Waals surface area contributed by atoms with Crippen molar-refractivity contribution >= 4 is 34.5 Å². The lowest BCUT2D eigenvalue weighted by atomic mass is 10.3. The summed E-state index contributed by atoms with van der Waals surface area (Å²) in [4.78, 5) is 23.7. The molecule has 1 amide bonds. The van der Waals surface area contributed by atoms with E-state index < -0.39 is 5.97 Å². The van der Waals surface area contributed by atoms with Crippen molar-refractivity contribution in [3.63, 3.8) is 0 Å². The van der Waals surface area contributed by atoms with Gasteiger partial charge in [-0.05, 0) is 66.8 Å². The summed E-state index contributed by atoms with van der Waals surface area (Å²) in [6, 6.07) is 11.3. The fraction of sp³-hybridized carbons (Fsp3) is 0.250. The Kier molecular flexibility index (Phi) is 5.59. The summed E-state index contributed by atoms with van der Waals surface area (Å²) in [6.45, 7) is 3.39. The number of benzene rings is 1. The third kappa shape index (κ3) is 4.33. The maximum Gasteiger partial charge on any atom is 0.325 e. The van der Waals surface area contributed by atoms with Gasteiger partial charge in [-0.2, -0.15) is 0 Å². The number of ether oxygens (including phenoxy) is 1. The molecule has 0 fully saturated rings. The minimum absolute atomic E-state index is 0.144. The van der Waals surface area contributed by atoms with Gasteiger partial charge < -0.3 is 14.6 Å². The molecule has 0 bridgehead atoms. The van der Waals surface area contributed by atoms with Gasteiger partial charge in [-0.15, -0.1) is 0 Å². The summed E-state index contributed by atoms with van der Waals surface area (Å²) < 4.78 is 7.85. The molecule has 5 nitrogen and oxygen atoms in total. The molecule has 2 aromatic rings. The Balaban J connectivity index is 2.09. The molecule has 22 heavy (non-hydrogen) atoms. The summed E-state index contributed by atoms with van der Waals surface area (Å²) in [7, 11) is 0. The van der Waals surface area contributed by atoms with Crippen LogP contribution >= 0.6 is 22.6 Å². The van der Waals surface area contributed by atoms with Crippen molar-refractivity contribution in [1.82, 2.24) is 9.88 Å². The van der Waals surface area contributed by atoms with Crippen molar-refractivity contribution in [2.45, 2.75) is 20.0 Å². The average Bonchev–Trinajstić information content (AvgIpc) is 2.93. The van der Waals surface area contributed by atoms with Crippen LogP contribution in [-0.4, -0.2) is 29.1 Å². The van der Waals surface area contributed by atoms with Crippen molar-refractivity contribution in [1.29, 1.82) is 0 Å². The van der Waals surface area contributed by atoms with E-state index in [-0.39, 0.29) is 18.6 Å². The van der Waals surface area contributed by atoms with Crippen LogP contribution in [0.3, 0.4) is 0 Å². The third-order valence-electron chi connectivity index (χ3n) is 2.83. The number of amides is 1. The van der Waals surface area contributed by atoms with Gasteiger partial charge >= 0.3 is 5.97 Å². The molecule has 6 heteroatoms. The zero-order chi connectivity index (χ0) is 16.1. The van der Waals surface area contributed by atoms with Gasteiger partial charge in [0.15, 0.2) is 0 Å². The second kappa shape index (κ2) is 7.44. The lowest BCUT2D eigenvalue weighted by Gasteiger charge is -2.11. The molecule has 0 aliphatic heterocycles. The molecule has 1 heterocycles. The van der Waals surface area contributed by atoms with Gasteiger partial charge in [0.1, 0.15) is 12.2 Å². The van der Waals surface area contributed by atoms with Crippen LogP contribution in [-0.2, 0) is 9.53 Å². The van der Waals surface area contributed by atoms with Gasteiger partial charge in [-0.25, -0.2) is 0 Å². The molecule has 2 rings (SSSR count). The Hall–Kier alpha value is -1.83. The van der Waals surface area contributed by atoms with E-state index in [0.717, 1.165) is 9.26 Å². The van der Waals surface area contributed by atoms with Gasteiger partial charge in [-0.3, -0.25) is 9.59 Å². The summed E-state index contributed by atoms with van der Waals surface area (Å²) in [5.74, 6) is -0.764. The topological polar surface area (TPSA) is 60.3 Å². The van der Waals surface area contributed by atoms with E-state index >= 15 is 0 Å². The molecule has 0 aliphatic rings. The van der Waals surface area contributed by atoms with Crippen LogP contribution in [0.2, 0.25) is 0 Å². The van der Waals surface area contributed by atoms with Crippen LogP contribution in [0.1, 0.15) is 24.3 Å². The summed E-state index contributed by atoms with van der Waals surface area (Å²) in [5, 5.41) is 2.58. The van der Waals surface area contributed by atoms with Crippen LogP contribution in [0.5, 0.6) is 0 Å². The molecule has 0 aliphatic carbocycles. The molecule has 0 radical (unpaired) electrons. The van der Waals surface area contributed by atoms with E-state index in [1.807, 2.05) is 30.5 Å². The highest BCUT2D eigenvalue weighted by Gasteiger charge is 2.14. The fourth-order valence-electron chi connectivity index (χ4n) is 1.96. The number of hydrogen-bond donors (Lipinski definition) is 1. The molecule has 0 saturated carbocycles. The fourth-order valence-corrected chi connectivity index (χ4v) is 2.49. The van der Waals surface area contributed by atoms with Crippen LogP contribution < -0.4 is 5.32 Å². The van der Waals surface area contributed by atoms with Crippen LogP contribution in [0.25, 0.3) is 5.69 Å². The van der Waals surface area contributed by atoms with E-state index in [9.17, 15) is 9.59 Å². The predicted molar refractivity (Wildman–Crippen MR) is 92.0 cm³/mol. The Morgan fingerprint density at radius 2 is 2.05 bits per heavy atom. The van der Waals surface area contributed by atoms with Crippen molar-refractivity contribution in [3.05, 3.63) is 51.9 Å². The number of esters is 1. The largest absolute Gasteiger partial charge is 0.462 e. The highest BCUT2D eigenvalue weighted by atomic mass is 127. The molecular formula is C16H17IN2O3. The molecule has 0 atom stereocenters. The normalized spacial score (nSPS) is 10.5. The first kappa shape index (κ1) is 16.5. The van der Waals surface area contributed by atoms with Gasteiger partial charge in [-0.1, -0.05) is 6.07 Å². The van der Waals surface area contributed by atoms with Crippen molar-refractivity contribution in [2.24, 2.45) is 0 Å². The molecule has 1 aromatic carbocycles. The molecule has 1 N–H and O–H groups in total. The summed E-state index contributed by atoms with van der Waals surface area (Å²) >= 11 is 2.22. The highest BCUT2D eigenvalue weighted by Crippen LogP contribution is 2.15. The number of halogens is 1. The van der Waals surface area contributed by atoms with Crippen molar-refractivity contribution < 1.29 is 14.3 Å². The molecule has 116 valence electrons. The number of rotatable bonds is 5. The molecule has 0 saturated heterocycles. The third-order valence-corrected chi connectivity index (χ3v) is 3.50. The van der Waals surface area contributed by atoms with E-state index in [0.29, 0.717) is 5.69 Å². The van der Waals surface area contributed by atoms with E-state index in [2.05, 4.69) is 27.9 Å². The first-order valence-electron chi connectivity index (χ1n) is 6.88. The Morgan fingerprint density at radius 3 is 2.73 bits per heavy atom. The maximum atomic E-state index is 12.2. The van der Waals surface area contributed by atoms with Crippen LogP contribution in [0.4, 0.5) is 0 Å². The number of carbonyl (C=O) groups is 2. The number of carbonyl (C=O) groups excluding carboxylic acids is 2. The number of nitrogens with zero attached hydrogens (tertiary/aromatic N) is 1. The van der Waals surface area contributed by atoms with Gasteiger partial charge in [0.2, 0.25) is 0 Å². The lowest BCUT2D eigenvalue weighted by Crippen LogP contribution is -2.32. The van der Waals surface area contributed by atoms with E-state index in [1.165, 1.54) is 0 Å². The summed E-state index contributed by atoms with van der Waals surface area (Å²) in [5.41, 5.74) is 1.37. The quantitative estimate of drug-likeness (QED) is 0.607. The average molecular weight is 412 g/mol. The molecular weight excluding hydrogens is 395 g/mol. The van der Waals surface area contributed by atoms with Gasteiger partial charge in [0.25, 0.3) is 5.91 Å². The first-order valence-corrected chi connectivity index (χ1v) is 7.96. The molecule has 0 spiro atoms. The second-order valence-electron chi connectivity index (χ2n) is 4.96. The summed E-state index contributed by atoms with van der Waals surface area (Å²) in [6.07, 6.45) is 1.62. The maximum absolute atomic E-state index is 12.2. The zero-order valence-corrected chi connectivity index (χ0v) is 14.5. The predicted octanol–water partition coefficient (Wildman–Crippen LogP) is 2.76. The molecule has 0 unspecified atom stereocenters. The van der Waals surface area contributed by atoms with Crippen molar-refractivity contribution in [3.8, 4) is 5.69 Å². The number of nitrogens with one attached hydrogen (secondary N) is 1. The Labute approximate surface area is 142 Å². The smallest absolute Gasteiger partial charge is 0.325 e. The Bertz CT molecular complexity index is 680. The number of aromatic nitrogens is 1. The first-order chi connectivity index (χ1) is 10.5. The molecule has 1 aromatic heterocycles. The number of hydrogen-bond acceptors (Lipinski definition) is 3. The standard InChI is InChI=1S/C16H17IN2O3/c1-11(2)22-15(20)10-18-16(21)14-7-4-8-19(14)13-6-3-5-12(17)9-13/h3-9,11H,10H2,1-2H3,(H,18,21). The van der Waals surface area contributed by atoms with E-state index in [4.69, 9.17) is 4.74 Å². The van der Waals surface area contributed by atoms with Gasteiger partial charge in [0.05, 0.1) is 6.10 Å². The SMILES string of the molecule is CC(C)OC(=O)CNC(=O)c1cccn1-c1cccc(I)c1. The lowest BCUT2D eigenvalue weighted by molar-refractivity contribution is -0.146. The second-order valence-corrected chi connectivity index (χ2v) is 6.21. The Morgan fingerprint density at radius 1 is 1.27 bits per heavy atom. The van der Waals surface area contributed by atoms with Crippen LogP contribution in [0, 0.1) is 3.57 Å². The van der Waals surface area contributed by atoms with E-state index in [1.54, 1.807) is 30.5 Å². The van der Waals surface area contributed by atoms with Crippen molar-refractivity contribution in [2.75, 3.05) is 6.54 Å². The highest BCUT2D eigenvalue weighted by molar-refractivity contribution is 14.1.